The first-order valence-electron chi connectivity index (χ1n) is 8.36. The lowest BCUT2D eigenvalue weighted by Gasteiger charge is -2.29. The molecule has 6 nitrogen and oxygen atoms in total. The largest absolute Gasteiger partial charge is 0.489 e. The Morgan fingerprint density at radius 2 is 2.04 bits per heavy atom. The van der Waals surface area contributed by atoms with Crippen LogP contribution in [0.3, 0.4) is 0 Å². The third-order valence-corrected chi connectivity index (χ3v) is 4.45. The maximum Gasteiger partial charge on any atom is 0.274 e. The van der Waals surface area contributed by atoms with Gasteiger partial charge in [0.15, 0.2) is 5.69 Å². The topological polar surface area (TPSA) is 67.6 Å². The minimum Gasteiger partial charge on any atom is -0.489 e. The maximum atomic E-state index is 12.9. The zero-order valence-corrected chi connectivity index (χ0v) is 14.4. The summed E-state index contributed by atoms with van der Waals surface area (Å²) in [6, 6.07) is 5.87. The highest BCUT2D eigenvalue weighted by Gasteiger charge is 2.24. The molecule has 134 valence electrons. The van der Waals surface area contributed by atoms with Gasteiger partial charge in [-0.05, 0) is 64.2 Å². The molecule has 1 fully saturated rings. The summed E-state index contributed by atoms with van der Waals surface area (Å²) >= 11 is 0. The van der Waals surface area contributed by atoms with Crippen LogP contribution >= 0.6 is 0 Å². The summed E-state index contributed by atoms with van der Waals surface area (Å²) in [6.45, 7) is 3.80. The molecule has 1 aromatic heterocycles. The standard InChI is InChI=1S/C18H22FN3O3/c1-12-16(11-24-15-5-3-13(19)4-6-15)17(21-25-12)18(23)20-14-7-9-22(2)10-8-14/h3-6,14H,7-11H2,1-2H3,(H,20,23). The summed E-state index contributed by atoms with van der Waals surface area (Å²) in [4.78, 5) is 14.8. The average molecular weight is 347 g/mol. The number of carbonyl (C=O) groups is 1. The average Bonchev–Trinajstić information content (AvgIpc) is 2.97. The molecule has 1 aliphatic rings. The first-order valence-corrected chi connectivity index (χ1v) is 8.36. The van der Waals surface area contributed by atoms with E-state index in [9.17, 15) is 9.18 Å². The number of likely N-dealkylation sites (tertiary alicyclic amines) is 1. The summed E-state index contributed by atoms with van der Waals surface area (Å²) in [6.07, 6.45) is 1.83. The Bertz CT molecular complexity index is 722. The van der Waals surface area contributed by atoms with Crippen molar-refractivity contribution in [1.82, 2.24) is 15.4 Å². The van der Waals surface area contributed by atoms with Gasteiger partial charge in [-0.15, -0.1) is 0 Å². The molecule has 0 aliphatic carbocycles. The van der Waals surface area contributed by atoms with Gasteiger partial charge in [0.25, 0.3) is 5.91 Å². The van der Waals surface area contributed by atoms with E-state index >= 15 is 0 Å². The number of rotatable bonds is 5. The van der Waals surface area contributed by atoms with Gasteiger partial charge in [-0.3, -0.25) is 4.79 Å². The van der Waals surface area contributed by atoms with Crippen molar-refractivity contribution in [2.75, 3.05) is 20.1 Å². The number of nitrogens with zero attached hydrogens (tertiary/aromatic N) is 2. The number of ether oxygens (including phenoxy) is 1. The Hall–Kier alpha value is -2.41. The first kappa shape index (κ1) is 17.4. The second-order valence-electron chi connectivity index (χ2n) is 6.36. The molecule has 1 amide bonds. The van der Waals surface area contributed by atoms with Gasteiger partial charge in [0.05, 0.1) is 5.56 Å². The number of carbonyl (C=O) groups excluding carboxylic acids is 1. The van der Waals surface area contributed by atoms with Gasteiger partial charge in [-0.25, -0.2) is 4.39 Å². The van der Waals surface area contributed by atoms with Crippen molar-refractivity contribution < 1.29 is 18.4 Å². The van der Waals surface area contributed by atoms with Crippen LogP contribution in [0.2, 0.25) is 0 Å². The lowest BCUT2D eigenvalue weighted by atomic mass is 10.1. The highest BCUT2D eigenvalue weighted by Crippen LogP contribution is 2.19. The molecule has 1 aliphatic heterocycles. The molecule has 25 heavy (non-hydrogen) atoms. The van der Waals surface area contributed by atoms with Crippen molar-refractivity contribution in [2.45, 2.75) is 32.4 Å². The summed E-state index contributed by atoms with van der Waals surface area (Å²) in [5, 5.41) is 6.91. The lowest BCUT2D eigenvalue weighted by Crippen LogP contribution is -2.43. The number of hydrogen-bond donors (Lipinski definition) is 1. The lowest BCUT2D eigenvalue weighted by molar-refractivity contribution is 0.0905. The van der Waals surface area contributed by atoms with Crippen molar-refractivity contribution in [3.63, 3.8) is 0 Å². The maximum absolute atomic E-state index is 12.9. The highest BCUT2D eigenvalue weighted by atomic mass is 19.1. The van der Waals surface area contributed by atoms with Gasteiger partial charge in [0.1, 0.15) is 23.9 Å². The predicted molar refractivity (Wildman–Crippen MR) is 90.0 cm³/mol. The summed E-state index contributed by atoms with van der Waals surface area (Å²) in [7, 11) is 2.07. The van der Waals surface area contributed by atoms with Gasteiger partial charge in [0, 0.05) is 6.04 Å². The molecule has 1 N–H and O–H groups in total. The van der Waals surface area contributed by atoms with Gasteiger partial charge in [-0.1, -0.05) is 5.16 Å². The fourth-order valence-corrected chi connectivity index (χ4v) is 2.83. The molecule has 0 unspecified atom stereocenters. The molecule has 0 bridgehead atoms. The summed E-state index contributed by atoms with van der Waals surface area (Å²) in [5.74, 6) is 0.482. The number of aryl methyl sites for hydroxylation is 1. The molecule has 0 spiro atoms. The zero-order valence-electron chi connectivity index (χ0n) is 14.4. The van der Waals surface area contributed by atoms with Crippen LogP contribution in [0.4, 0.5) is 4.39 Å². The number of hydrogen-bond acceptors (Lipinski definition) is 5. The molecule has 0 atom stereocenters. The minimum absolute atomic E-state index is 0.136. The molecular weight excluding hydrogens is 325 g/mol. The van der Waals surface area contributed by atoms with E-state index in [0.717, 1.165) is 25.9 Å². The van der Waals surface area contributed by atoms with Crippen LogP contribution in [0.5, 0.6) is 5.75 Å². The van der Waals surface area contributed by atoms with Crippen LogP contribution in [0.25, 0.3) is 0 Å². The van der Waals surface area contributed by atoms with E-state index in [4.69, 9.17) is 9.26 Å². The second kappa shape index (κ2) is 7.65. The van der Waals surface area contributed by atoms with E-state index in [1.807, 2.05) is 0 Å². The van der Waals surface area contributed by atoms with Crippen molar-refractivity contribution in [3.8, 4) is 5.75 Å². The van der Waals surface area contributed by atoms with Crippen LogP contribution in [0.15, 0.2) is 28.8 Å². The van der Waals surface area contributed by atoms with E-state index in [0.29, 0.717) is 17.1 Å². The molecule has 1 aromatic carbocycles. The Kier molecular flexibility index (Phi) is 5.33. The van der Waals surface area contributed by atoms with Gasteiger partial charge < -0.3 is 19.5 Å². The Balaban J connectivity index is 1.64. The molecule has 2 aromatic rings. The molecule has 0 saturated carbocycles. The van der Waals surface area contributed by atoms with Crippen LogP contribution in [-0.2, 0) is 6.61 Å². The Morgan fingerprint density at radius 3 is 2.72 bits per heavy atom. The second-order valence-corrected chi connectivity index (χ2v) is 6.36. The molecule has 0 radical (unpaired) electrons. The molecular formula is C18H22FN3O3. The van der Waals surface area contributed by atoms with Crippen LogP contribution < -0.4 is 10.1 Å². The number of aromatic nitrogens is 1. The van der Waals surface area contributed by atoms with Gasteiger partial charge in [-0.2, -0.15) is 0 Å². The third-order valence-electron chi connectivity index (χ3n) is 4.45. The zero-order chi connectivity index (χ0) is 17.8. The molecule has 2 heterocycles. The molecule has 1 saturated heterocycles. The normalized spacial score (nSPS) is 16.0. The minimum atomic E-state index is -0.327. The van der Waals surface area contributed by atoms with Crippen molar-refractivity contribution in [2.24, 2.45) is 0 Å². The highest BCUT2D eigenvalue weighted by molar-refractivity contribution is 5.94. The van der Waals surface area contributed by atoms with Crippen LogP contribution in [-0.4, -0.2) is 42.1 Å². The summed E-state index contributed by atoms with van der Waals surface area (Å²) in [5.41, 5.74) is 0.855. The first-order chi connectivity index (χ1) is 12.0. The van der Waals surface area contributed by atoms with Crippen molar-refractivity contribution in [1.29, 1.82) is 0 Å². The van der Waals surface area contributed by atoms with Gasteiger partial charge in [0.2, 0.25) is 0 Å². The number of nitrogens with one attached hydrogen (secondary N) is 1. The Labute approximate surface area is 145 Å². The quantitative estimate of drug-likeness (QED) is 0.900. The molecule has 3 rings (SSSR count). The van der Waals surface area contributed by atoms with E-state index < -0.39 is 0 Å². The van der Waals surface area contributed by atoms with E-state index in [2.05, 4.69) is 22.4 Å². The van der Waals surface area contributed by atoms with Crippen LogP contribution in [0, 0.1) is 12.7 Å². The van der Waals surface area contributed by atoms with E-state index in [-0.39, 0.29) is 30.1 Å². The predicted octanol–water partition coefficient (Wildman–Crippen LogP) is 2.53. The number of halogens is 1. The van der Waals surface area contributed by atoms with Crippen molar-refractivity contribution >= 4 is 5.91 Å². The van der Waals surface area contributed by atoms with Gasteiger partial charge >= 0.3 is 0 Å². The van der Waals surface area contributed by atoms with Crippen molar-refractivity contribution in [3.05, 3.63) is 47.1 Å². The number of amides is 1. The van der Waals surface area contributed by atoms with Crippen LogP contribution in [0.1, 0.15) is 34.7 Å². The fourth-order valence-electron chi connectivity index (χ4n) is 2.83. The van der Waals surface area contributed by atoms with E-state index in [1.54, 1.807) is 6.92 Å². The SMILES string of the molecule is Cc1onc(C(=O)NC2CCN(C)CC2)c1COc1ccc(F)cc1. The number of benzene rings is 1. The van der Waals surface area contributed by atoms with E-state index in [1.165, 1.54) is 24.3 Å². The smallest absolute Gasteiger partial charge is 0.274 e. The monoisotopic (exact) mass is 347 g/mol. The Morgan fingerprint density at radius 1 is 1.36 bits per heavy atom. The molecule has 7 heteroatoms. The number of piperidine rings is 1. The fraction of sp³-hybridized carbons (Fsp3) is 0.444. The third kappa shape index (κ3) is 4.36. The summed E-state index contributed by atoms with van der Waals surface area (Å²) < 4.78 is 23.7.